The first kappa shape index (κ1) is 23.3. The van der Waals surface area contributed by atoms with E-state index in [1.807, 2.05) is 0 Å². The van der Waals surface area contributed by atoms with Gasteiger partial charge in [0, 0.05) is 23.8 Å². The number of hydrogen-bond donors (Lipinski definition) is 1. The van der Waals surface area contributed by atoms with Crippen molar-refractivity contribution in [3.63, 3.8) is 0 Å². The van der Waals surface area contributed by atoms with Crippen molar-refractivity contribution in [2.24, 2.45) is 0 Å². The molecule has 2 aromatic heterocycles. The molecule has 1 aliphatic rings. The highest BCUT2D eigenvalue weighted by Crippen LogP contribution is 2.39. The number of nitrogens with zero attached hydrogens (tertiary/aromatic N) is 3. The minimum absolute atomic E-state index is 0.0324. The molecule has 1 N–H and O–H groups in total. The Morgan fingerprint density at radius 2 is 1.79 bits per heavy atom. The van der Waals surface area contributed by atoms with Crippen LogP contribution >= 0.6 is 0 Å². The van der Waals surface area contributed by atoms with Gasteiger partial charge in [0.25, 0.3) is 6.43 Å². The van der Waals surface area contributed by atoms with Crippen molar-refractivity contribution in [3.05, 3.63) is 58.9 Å². The molecule has 1 saturated heterocycles. The van der Waals surface area contributed by atoms with Crippen LogP contribution in [0, 0.1) is 12.7 Å². The SMILES string of the molecule is Cc1nc(C2(F)CCS(=O)(=O)CC2)cc2c(N[C@H](C)c3cccc(C(F)F)c3F)ncnc12. The van der Waals surface area contributed by atoms with Gasteiger partial charge in [-0.05, 0) is 19.9 Å². The van der Waals surface area contributed by atoms with Crippen LogP contribution in [0.5, 0.6) is 0 Å². The summed E-state index contributed by atoms with van der Waals surface area (Å²) in [4.78, 5) is 12.7. The van der Waals surface area contributed by atoms with Gasteiger partial charge in [-0.1, -0.05) is 18.2 Å². The van der Waals surface area contributed by atoms with Gasteiger partial charge in [0.1, 0.15) is 18.0 Å². The Balaban J connectivity index is 1.73. The summed E-state index contributed by atoms with van der Waals surface area (Å²) < 4.78 is 80.0. The zero-order valence-corrected chi connectivity index (χ0v) is 18.8. The third-order valence-electron chi connectivity index (χ3n) is 5.99. The maximum Gasteiger partial charge on any atom is 0.266 e. The number of anilines is 1. The summed E-state index contributed by atoms with van der Waals surface area (Å²) in [7, 11) is -3.28. The third-order valence-corrected chi connectivity index (χ3v) is 7.64. The topological polar surface area (TPSA) is 84.8 Å². The van der Waals surface area contributed by atoms with Gasteiger partial charge in [-0.3, -0.25) is 4.98 Å². The summed E-state index contributed by atoms with van der Waals surface area (Å²) in [6.07, 6.45) is -2.08. The molecule has 0 saturated carbocycles. The molecule has 4 rings (SSSR count). The second-order valence-electron chi connectivity index (χ2n) is 8.25. The van der Waals surface area contributed by atoms with Crippen LogP contribution in [0.3, 0.4) is 0 Å². The monoisotopic (exact) mass is 482 g/mol. The Bertz CT molecular complexity index is 1300. The van der Waals surface area contributed by atoms with Crippen LogP contribution in [0.15, 0.2) is 30.6 Å². The molecule has 1 fully saturated rings. The zero-order valence-electron chi connectivity index (χ0n) is 17.9. The first-order valence-electron chi connectivity index (χ1n) is 10.4. The van der Waals surface area contributed by atoms with E-state index in [0.29, 0.717) is 16.6 Å². The minimum atomic E-state index is -3.28. The molecule has 1 aliphatic heterocycles. The van der Waals surface area contributed by atoms with Crippen molar-refractivity contribution >= 4 is 26.6 Å². The largest absolute Gasteiger partial charge is 0.363 e. The molecule has 11 heteroatoms. The average molecular weight is 483 g/mol. The lowest BCUT2D eigenvalue weighted by molar-refractivity contribution is 0.142. The van der Waals surface area contributed by atoms with Crippen molar-refractivity contribution in [1.29, 1.82) is 0 Å². The van der Waals surface area contributed by atoms with Gasteiger partial charge in [0.05, 0.1) is 40.0 Å². The number of aromatic nitrogens is 3. The number of pyridine rings is 1. The molecule has 176 valence electrons. The van der Waals surface area contributed by atoms with Crippen molar-refractivity contribution in [3.8, 4) is 0 Å². The average Bonchev–Trinajstić information content (AvgIpc) is 2.76. The number of halogens is 4. The second kappa shape index (κ2) is 8.51. The molecule has 3 heterocycles. The third kappa shape index (κ3) is 4.50. The number of hydrogen-bond acceptors (Lipinski definition) is 6. The van der Waals surface area contributed by atoms with Crippen molar-refractivity contribution in [2.75, 3.05) is 16.8 Å². The molecule has 33 heavy (non-hydrogen) atoms. The minimum Gasteiger partial charge on any atom is -0.363 e. The Kier molecular flexibility index (Phi) is 6.02. The second-order valence-corrected chi connectivity index (χ2v) is 10.5. The van der Waals surface area contributed by atoms with Gasteiger partial charge in [0.15, 0.2) is 15.5 Å². The highest BCUT2D eigenvalue weighted by atomic mass is 32.2. The highest BCUT2D eigenvalue weighted by molar-refractivity contribution is 7.91. The number of sulfone groups is 1. The zero-order chi connectivity index (χ0) is 24.0. The lowest BCUT2D eigenvalue weighted by atomic mass is 9.93. The molecular formula is C22H22F4N4O2S. The highest BCUT2D eigenvalue weighted by Gasteiger charge is 2.40. The van der Waals surface area contributed by atoms with Gasteiger partial charge in [0.2, 0.25) is 0 Å². The Morgan fingerprint density at radius 3 is 2.45 bits per heavy atom. The summed E-state index contributed by atoms with van der Waals surface area (Å²) in [6, 6.07) is 4.52. The number of benzene rings is 1. The summed E-state index contributed by atoms with van der Waals surface area (Å²) in [6.45, 7) is 3.25. The molecule has 3 aromatic rings. The Labute approximate surface area is 188 Å². The fourth-order valence-corrected chi connectivity index (χ4v) is 5.51. The molecule has 1 atom stereocenters. The van der Waals surface area contributed by atoms with Gasteiger partial charge >= 0.3 is 0 Å². The van der Waals surface area contributed by atoms with Crippen LogP contribution in [0.2, 0.25) is 0 Å². The standard InChI is InChI=1S/C22H22F4N4O2S/c1-12(14-4-3-5-15(18(14)23)20(24)25)30-21-16-10-17(29-13(2)19(16)27-11-28-21)22(26)6-8-33(31,32)9-7-22/h3-5,10-12,20H,6-9H2,1-2H3,(H,27,28,30)/t12-/m1/s1. The maximum atomic E-state index is 15.7. The van der Waals surface area contributed by atoms with E-state index in [2.05, 4.69) is 20.3 Å². The lowest BCUT2D eigenvalue weighted by Gasteiger charge is -2.29. The number of rotatable bonds is 5. The molecule has 0 amide bonds. The van der Waals surface area contributed by atoms with Crippen molar-refractivity contribution in [1.82, 2.24) is 15.0 Å². The molecule has 0 radical (unpaired) electrons. The summed E-state index contributed by atoms with van der Waals surface area (Å²) in [5, 5.41) is 3.43. The van der Waals surface area contributed by atoms with Crippen molar-refractivity contribution < 1.29 is 26.0 Å². The number of fused-ring (bicyclic) bond motifs is 1. The van der Waals surface area contributed by atoms with Crippen LogP contribution in [0.25, 0.3) is 10.9 Å². The van der Waals surface area contributed by atoms with E-state index in [1.54, 1.807) is 13.8 Å². The molecule has 6 nitrogen and oxygen atoms in total. The van der Waals surface area contributed by atoms with Crippen LogP contribution in [0.4, 0.5) is 23.4 Å². The molecule has 0 aliphatic carbocycles. The van der Waals surface area contributed by atoms with Crippen molar-refractivity contribution in [2.45, 2.75) is 44.8 Å². The van der Waals surface area contributed by atoms with Gasteiger partial charge in [-0.25, -0.2) is 35.9 Å². The predicted octanol–water partition coefficient (Wildman–Crippen LogP) is 4.96. The van der Waals surface area contributed by atoms with Gasteiger partial charge in [-0.2, -0.15) is 0 Å². The number of nitrogens with one attached hydrogen (secondary N) is 1. The van der Waals surface area contributed by atoms with E-state index >= 15 is 4.39 Å². The van der Waals surface area contributed by atoms with E-state index in [0.717, 1.165) is 6.07 Å². The number of aryl methyl sites for hydroxylation is 1. The van der Waals surface area contributed by atoms with Crippen LogP contribution in [-0.2, 0) is 15.5 Å². The smallest absolute Gasteiger partial charge is 0.266 e. The fourth-order valence-electron chi connectivity index (χ4n) is 4.04. The lowest BCUT2D eigenvalue weighted by Crippen LogP contribution is -2.34. The van der Waals surface area contributed by atoms with E-state index in [9.17, 15) is 21.6 Å². The van der Waals surface area contributed by atoms with E-state index in [1.165, 1.54) is 24.5 Å². The van der Waals surface area contributed by atoms with E-state index < -0.39 is 39.4 Å². The van der Waals surface area contributed by atoms with Crippen LogP contribution in [-0.4, -0.2) is 34.9 Å². The summed E-state index contributed by atoms with van der Waals surface area (Å²) in [5.74, 6) is -1.28. The van der Waals surface area contributed by atoms with Gasteiger partial charge < -0.3 is 5.32 Å². The van der Waals surface area contributed by atoms with E-state index in [4.69, 9.17) is 0 Å². The summed E-state index contributed by atoms with van der Waals surface area (Å²) in [5.41, 5.74) is -1.62. The van der Waals surface area contributed by atoms with E-state index in [-0.39, 0.29) is 41.4 Å². The Morgan fingerprint density at radius 1 is 1.12 bits per heavy atom. The first-order chi connectivity index (χ1) is 15.5. The molecule has 0 spiro atoms. The first-order valence-corrected chi connectivity index (χ1v) is 12.2. The fraction of sp³-hybridized carbons (Fsp3) is 0.409. The Hall–Kier alpha value is -2.82. The van der Waals surface area contributed by atoms with Crippen LogP contribution in [0.1, 0.15) is 54.7 Å². The van der Waals surface area contributed by atoms with Gasteiger partial charge in [-0.15, -0.1) is 0 Å². The predicted molar refractivity (Wildman–Crippen MR) is 116 cm³/mol. The molecular weight excluding hydrogens is 460 g/mol. The quantitative estimate of drug-likeness (QED) is 0.518. The molecule has 0 unspecified atom stereocenters. The normalized spacial score (nSPS) is 18.4. The molecule has 1 aromatic carbocycles. The maximum absolute atomic E-state index is 15.7. The summed E-state index contributed by atoms with van der Waals surface area (Å²) >= 11 is 0. The molecule has 0 bridgehead atoms. The number of alkyl halides is 3. The van der Waals surface area contributed by atoms with Crippen LogP contribution < -0.4 is 5.32 Å².